The van der Waals surface area contributed by atoms with Gasteiger partial charge in [-0.15, -0.1) is 0 Å². The Morgan fingerprint density at radius 3 is 1.69 bits per heavy atom. The second-order valence-electron chi connectivity index (χ2n) is 2.91. The lowest BCUT2D eigenvalue weighted by Gasteiger charge is -2.13. The van der Waals surface area contributed by atoms with E-state index in [1.807, 2.05) is 0 Å². The van der Waals surface area contributed by atoms with Crippen molar-refractivity contribution in [3.05, 3.63) is 12.1 Å². The van der Waals surface area contributed by atoms with Crippen LogP contribution in [-0.4, -0.2) is 29.7 Å². The molecule has 0 spiro atoms. The van der Waals surface area contributed by atoms with E-state index in [0.29, 0.717) is 5.75 Å². The van der Waals surface area contributed by atoms with Crippen LogP contribution < -0.4 is 19.3 Å². The van der Waals surface area contributed by atoms with E-state index in [2.05, 4.69) is 0 Å². The van der Waals surface area contributed by atoms with Crippen molar-refractivity contribution >= 4 is 10.0 Å². The van der Waals surface area contributed by atoms with E-state index >= 15 is 0 Å². The minimum atomic E-state index is -3.81. The van der Waals surface area contributed by atoms with Gasteiger partial charge in [0.05, 0.1) is 26.2 Å². The topological polar surface area (TPSA) is 87.9 Å². The number of primary sulfonamides is 1. The second kappa shape index (κ2) is 4.58. The molecule has 90 valence electrons. The summed E-state index contributed by atoms with van der Waals surface area (Å²) in [6.07, 6.45) is 0. The molecule has 0 heterocycles. The Kier molecular flexibility index (Phi) is 3.61. The van der Waals surface area contributed by atoms with E-state index in [0.717, 1.165) is 0 Å². The number of methoxy groups -OCH3 is 3. The van der Waals surface area contributed by atoms with Crippen LogP contribution in [0.4, 0.5) is 0 Å². The average molecular weight is 247 g/mol. The number of nitrogens with two attached hydrogens (primary N) is 1. The van der Waals surface area contributed by atoms with Gasteiger partial charge in [-0.1, -0.05) is 0 Å². The summed E-state index contributed by atoms with van der Waals surface area (Å²) >= 11 is 0. The van der Waals surface area contributed by atoms with E-state index in [-0.39, 0.29) is 16.4 Å². The molecule has 0 aliphatic carbocycles. The first-order valence-electron chi connectivity index (χ1n) is 4.26. The van der Waals surface area contributed by atoms with Crippen LogP contribution in [0, 0.1) is 0 Å². The number of hydrogen-bond acceptors (Lipinski definition) is 5. The number of sulfonamides is 1. The normalized spacial score (nSPS) is 11.0. The fraction of sp³-hybridized carbons (Fsp3) is 0.333. The van der Waals surface area contributed by atoms with Gasteiger partial charge in [-0.05, 0) is 0 Å². The molecule has 0 radical (unpaired) electrons. The second-order valence-corrected chi connectivity index (χ2v) is 4.47. The van der Waals surface area contributed by atoms with Gasteiger partial charge in [0.25, 0.3) is 0 Å². The van der Waals surface area contributed by atoms with Crippen LogP contribution in [0.3, 0.4) is 0 Å². The van der Waals surface area contributed by atoms with Crippen molar-refractivity contribution < 1.29 is 22.6 Å². The van der Waals surface area contributed by atoms with Crippen LogP contribution in [0.15, 0.2) is 17.0 Å². The number of ether oxygens (including phenoxy) is 3. The van der Waals surface area contributed by atoms with Crippen molar-refractivity contribution in [3.63, 3.8) is 0 Å². The molecule has 16 heavy (non-hydrogen) atoms. The Balaban J connectivity index is 3.49. The van der Waals surface area contributed by atoms with Gasteiger partial charge in [0.2, 0.25) is 15.8 Å². The number of benzene rings is 1. The van der Waals surface area contributed by atoms with E-state index in [4.69, 9.17) is 19.3 Å². The van der Waals surface area contributed by atoms with Gasteiger partial charge in [-0.2, -0.15) is 0 Å². The summed E-state index contributed by atoms with van der Waals surface area (Å²) in [4.78, 5) is -0.0954. The van der Waals surface area contributed by atoms with E-state index in [1.54, 1.807) is 0 Å². The zero-order valence-corrected chi connectivity index (χ0v) is 10.00. The van der Waals surface area contributed by atoms with Gasteiger partial charge < -0.3 is 14.2 Å². The molecule has 7 heteroatoms. The van der Waals surface area contributed by atoms with Crippen LogP contribution in [-0.2, 0) is 10.0 Å². The highest BCUT2D eigenvalue weighted by molar-refractivity contribution is 7.89. The fourth-order valence-corrected chi connectivity index (χ4v) is 1.76. The first kappa shape index (κ1) is 12.6. The van der Waals surface area contributed by atoms with E-state index in [9.17, 15) is 8.42 Å². The molecule has 0 aliphatic heterocycles. The summed E-state index contributed by atoms with van der Waals surface area (Å²) in [5.41, 5.74) is 0. The SMILES string of the molecule is COc1cc(S(N)(=O)=O)cc(OC)c1OC. The van der Waals surface area contributed by atoms with Gasteiger partial charge in [0.15, 0.2) is 11.5 Å². The lowest BCUT2D eigenvalue weighted by atomic mass is 10.3. The Bertz CT molecular complexity index is 458. The van der Waals surface area contributed by atoms with Crippen molar-refractivity contribution in [1.82, 2.24) is 0 Å². The zero-order chi connectivity index (χ0) is 12.3. The molecule has 0 amide bonds. The maximum atomic E-state index is 11.2. The summed E-state index contributed by atoms with van der Waals surface area (Å²) in [5, 5.41) is 5.02. The van der Waals surface area contributed by atoms with Gasteiger partial charge in [-0.3, -0.25) is 0 Å². The first-order valence-corrected chi connectivity index (χ1v) is 5.81. The summed E-state index contributed by atoms with van der Waals surface area (Å²) in [6, 6.07) is 2.55. The summed E-state index contributed by atoms with van der Waals surface area (Å²) < 4.78 is 37.4. The minimum Gasteiger partial charge on any atom is -0.493 e. The van der Waals surface area contributed by atoms with Crippen LogP contribution >= 0.6 is 0 Å². The standard InChI is InChI=1S/C9H13NO5S/c1-13-7-4-6(16(10,11)12)5-8(14-2)9(7)15-3/h4-5H,1-3H3,(H2,10,11,12). The molecule has 0 aromatic heterocycles. The maximum Gasteiger partial charge on any atom is 0.238 e. The molecule has 0 aliphatic rings. The monoisotopic (exact) mass is 247 g/mol. The average Bonchev–Trinajstić information content (AvgIpc) is 2.25. The van der Waals surface area contributed by atoms with Crippen LogP contribution in [0.2, 0.25) is 0 Å². The molecular weight excluding hydrogens is 234 g/mol. The molecule has 1 aromatic rings. The molecule has 0 fully saturated rings. The highest BCUT2D eigenvalue weighted by atomic mass is 32.2. The molecule has 1 aromatic carbocycles. The largest absolute Gasteiger partial charge is 0.493 e. The summed E-state index contributed by atoms with van der Waals surface area (Å²) in [5.74, 6) is 0.800. The third-order valence-corrected chi connectivity index (χ3v) is 2.86. The zero-order valence-electron chi connectivity index (χ0n) is 9.18. The number of hydrogen-bond donors (Lipinski definition) is 1. The van der Waals surface area contributed by atoms with Gasteiger partial charge in [0.1, 0.15) is 0 Å². The summed E-state index contributed by atoms with van der Waals surface area (Å²) in [6.45, 7) is 0. The molecule has 6 nitrogen and oxygen atoms in total. The Morgan fingerprint density at radius 1 is 1.00 bits per heavy atom. The van der Waals surface area contributed by atoms with Crippen LogP contribution in [0.1, 0.15) is 0 Å². The van der Waals surface area contributed by atoms with Crippen LogP contribution in [0.5, 0.6) is 17.2 Å². The molecule has 2 N–H and O–H groups in total. The summed E-state index contributed by atoms with van der Waals surface area (Å²) in [7, 11) is 0.405. The quantitative estimate of drug-likeness (QED) is 0.830. The van der Waals surface area contributed by atoms with Crippen LogP contribution in [0.25, 0.3) is 0 Å². The van der Waals surface area contributed by atoms with E-state index < -0.39 is 10.0 Å². The Morgan fingerprint density at radius 2 is 1.44 bits per heavy atom. The Labute approximate surface area is 94.0 Å². The fourth-order valence-electron chi connectivity index (χ4n) is 1.22. The molecule has 0 atom stereocenters. The molecular formula is C9H13NO5S. The van der Waals surface area contributed by atoms with Crippen molar-refractivity contribution in [1.29, 1.82) is 0 Å². The van der Waals surface area contributed by atoms with E-state index in [1.165, 1.54) is 33.5 Å². The van der Waals surface area contributed by atoms with Crippen molar-refractivity contribution in [2.45, 2.75) is 4.90 Å². The first-order chi connectivity index (χ1) is 7.43. The highest BCUT2D eigenvalue weighted by Crippen LogP contribution is 2.39. The lowest BCUT2D eigenvalue weighted by molar-refractivity contribution is 0.323. The molecule has 0 bridgehead atoms. The maximum absolute atomic E-state index is 11.2. The minimum absolute atomic E-state index is 0.0954. The van der Waals surface area contributed by atoms with Gasteiger partial charge in [0, 0.05) is 12.1 Å². The predicted molar refractivity (Wildman–Crippen MR) is 57.5 cm³/mol. The van der Waals surface area contributed by atoms with Gasteiger partial charge in [-0.25, -0.2) is 13.6 Å². The van der Waals surface area contributed by atoms with Gasteiger partial charge >= 0.3 is 0 Å². The number of rotatable bonds is 4. The smallest absolute Gasteiger partial charge is 0.238 e. The Hall–Kier alpha value is -1.47. The van der Waals surface area contributed by atoms with Crippen molar-refractivity contribution in [3.8, 4) is 17.2 Å². The molecule has 0 saturated heterocycles. The highest BCUT2D eigenvalue weighted by Gasteiger charge is 2.18. The molecule has 0 saturated carbocycles. The molecule has 1 rings (SSSR count). The van der Waals surface area contributed by atoms with Crippen molar-refractivity contribution in [2.24, 2.45) is 5.14 Å². The third kappa shape index (κ3) is 2.37. The third-order valence-electron chi connectivity index (χ3n) is 1.97. The predicted octanol–water partition coefficient (Wildman–Crippen LogP) is 0.360. The molecule has 0 unspecified atom stereocenters. The lowest BCUT2D eigenvalue weighted by Crippen LogP contribution is -2.12. The van der Waals surface area contributed by atoms with Crippen molar-refractivity contribution in [2.75, 3.05) is 21.3 Å².